The molecule has 0 aliphatic carbocycles. The Kier molecular flexibility index (Phi) is 6.20. The van der Waals surface area contributed by atoms with E-state index in [9.17, 15) is 13.2 Å². The Labute approximate surface area is 163 Å². The first-order valence-corrected chi connectivity index (χ1v) is 9.95. The average molecular weight is 472 g/mol. The number of rotatable bonds is 5. The smallest absolute Gasteiger partial charge is 0.265 e. The molecule has 2 aromatic carbocycles. The molecule has 1 atom stereocenters. The molecular weight excluding hydrogens is 460 g/mol. The van der Waals surface area contributed by atoms with Gasteiger partial charge in [-0.3, -0.25) is 9.10 Å². The first-order valence-electron chi connectivity index (χ1n) is 6.59. The van der Waals surface area contributed by atoms with E-state index >= 15 is 0 Å². The molecule has 0 bridgehead atoms. The third-order valence-corrected chi connectivity index (χ3v) is 6.63. The molecule has 0 spiro atoms. The molecule has 2 rings (SSSR count). The fraction of sp³-hybridized carbons (Fsp3) is 0.133. The maximum atomic E-state index is 13.1. The van der Waals surface area contributed by atoms with Gasteiger partial charge < -0.3 is 0 Å². The van der Waals surface area contributed by atoms with E-state index in [2.05, 4.69) is 15.9 Å². The zero-order chi connectivity index (χ0) is 18.1. The summed E-state index contributed by atoms with van der Waals surface area (Å²) in [6, 6.07) is 9.35. The Morgan fingerprint density at radius 1 is 1.12 bits per heavy atom. The molecule has 0 radical (unpaired) electrons. The molecule has 0 saturated carbocycles. The predicted octanol–water partition coefficient (Wildman–Crippen LogP) is 5.11. The van der Waals surface area contributed by atoms with Crippen molar-refractivity contribution in [3.05, 3.63) is 57.0 Å². The molecule has 0 amide bonds. The average Bonchev–Trinajstić information content (AvgIpc) is 2.49. The van der Waals surface area contributed by atoms with Gasteiger partial charge in [0.25, 0.3) is 10.0 Å². The lowest BCUT2D eigenvalue weighted by Crippen LogP contribution is -2.42. The first-order chi connectivity index (χ1) is 11.1. The van der Waals surface area contributed by atoms with Gasteiger partial charge in [-0.25, -0.2) is 8.42 Å². The van der Waals surface area contributed by atoms with Crippen LogP contribution in [0.2, 0.25) is 10.0 Å². The molecule has 0 saturated heterocycles. The van der Waals surface area contributed by atoms with Crippen LogP contribution in [0.5, 0.6) is 0 Å². The van der Waals surface area contributed by atoms with Gasteiger partial charge >= 0.3 is 0 Å². The summed E-state index contributed by atoms with van der Waals surface area (Å²) in [7, 11) is -4.09. The van der Waals surface area contributed by atoms with Crippen LogP contribution in [0.15, 0.2) is 51.8 Å². The molecule has 0 N–H and O–H groups in total. The maximum absolute atomic E-state index is 13.1. The summed E-state index contributed by atoms with van der Waals surface area (Å²) >= 11 is 20.6. The van der Waals surface area contributed by atoms with E-state index in [0.717, 1.165) is 4.31 Å². The van der Waals surface area contributed by atoms with Crippen molar-refractivity contribution in [2.75, 3.05) is 4.31 Å². The molecule has 0 aliphatic rings. The first kappa shape index (κ1) is 19.5. The summed E-state index contributed by atoms with van der Waals surface area (Å²) in [5.74, 6) is 0. The number of benzene rings is 2. The summed E-state index contributed by atoms with van der Waals surface area (Å²) in [6.45, 7) is 1.41. The molecule has 0 aliphatic heterocycles. The number of carbonyl (C=O) groups is 1. The minimum atomic E-state index is -4.09. The Morgan fingerprint density at radius 3 is 2.33 bits per heavy atom. The molecule has 0 aromatic heterocycles. The fourth-order valence-electron chi connectivity index (χ4n) is 2.03. The molecule has 1 unspecified atom stereocenters. The zero-order valence-corrected chi connectivity index (χ0v) is 16.9. The van der Waals surface area contributed by atoms with Gasteiger partial charge in [-0.2, -0.15) is 0 Å². The third-order valence-electron chi connectivity index (χ3n) is 3.19. The highest BCUT2D eigenvalue weighted by Gasteiger charge is 2.33. The van der Waals surface area contributed by atoms with Crippen LogP contribution < -0.4 is 4.31 Å². The second-order valence-electron chi connectivity index (χ2n) is 4.84. The summed E-state index contributed by atoms with van der Waals surface area (Å²) in [5.41, 5.74) is 0.289. The van der Waals surface area contributed by atoms with E-state index < -0.39 is 21.3 Å². The Bertz CT molecular complexity index is 889. The highest BCUT2D eigenvalue weighted by Crippen LogP contribution is 2.32. The van der Waals surface area contributed by atoms with Crippen molar-refractivity contribution in [1.29, 1.82) is 0 Å². The molecule has 0 fully saturated rings. The van der Waals surface area contributed by atoms with Crippen molar-refractivity contribution >= 4 is 71.7 Å². The number of nitrogens with zero attached hydrogens (tertiary/aromatic N) is 1. The zero-order valence-electron chi connectivity index (χ0n) is 12.2. The summed E-state index contributed by atoms with van der Waals surface area (Å²) in [4.78, 5) is 11.5. The van der Waals surface area contributed by atoms with Crippen LogP contribution in [0, 0.1) is 0 Å². The lowest BCUT2D eigenvalue weighted by atomic mass is 10.3. The minimum absolute atomic E-state index is 0.0942. The van der Waals surface area contributed by atoms with Gasteiger partial charge in [-0.15, -0.1) is 0 Å². The van der Waals surface area contributed by atoms with Crippen molar-refractivity contribution in [3.63, 3.8) is 0 Å². The molecule has 2 aromatic rings. The van der Waals surface area contributed by atoms with Crippen molar-refractivity contribution < 1.29 is 13.2 Å². The van der Waals surface area contributed by atoms with E-state index in [0.29, 0.717) is 4.47 Å². The highest BCUT2D eigenvalue weighted by atomic mass is 79.9. The van der Waals surface area contributed by atoms with Crippen LogP contribution in [-0.4, -0.2) is 19.7 Å². The normalized spacial score (nSPS) is 12.7. The van der Waals surface area contributed by atoms with E-state index in [1.165, 1.54) is 25.1 Å². The van der Waals surface area contributed by atoms with Crippen LogP contribution in [0.4, 0.5) is 5.69 Å². The van der Waals surface area contributed by atoms with Crippen molar-refractivity contribution in [3.8, 4) is 0 Å². The number of hydrogen-bond acceptors (Lipinski definition) is 3. The van der Waals surface area contributed by atoms with Gasteiger partial charge in [-0.1, -0.05) is 45.2 Å². The lowest BCUT2D eigenvalue weighted by Gasteiger charge is -2.28. The SMILES string of the molecule is CC(C(=O)Cl)N(c1cccc(Br)c1)S(=O)(=O)c1ccc(Cl)c(Cl)c1. The van der Waals surface area contributed by atoms with Gasteiger partial charge in [0, 0.05) is 4.47 Å². The van der Waals surface area contributed by atoms with E-state index in [4.69, 9.17) is 34.8 Å². The van der Waals surface area contributed by atoms with Gasteiger partial charge in [0.15, 0.2) is 0 Å². The molecule has 0 heterocycles. The van der Waals surface area contributed by atoms with Crippen LogP contribution in [0.1, 0.15) is 6.92 Å². The van der Waals surface area contributed by atoms with Gasteiger partial charge in [0.2, 0.25) is 5.24 Å². The number of sulfonamides is 1. The molecule has 128 valence electrons. The number of carbonyl (C=O) groups excluding carboxylic acids is 1. The standard InChI is InChI=1S/C15H11BrCl3NO3S/c1-9(15(19)21)20(11-4-2-3-10(16)7-11)24(22,23)12-5-6-13(17)14(18)8-12/h2-9H,1H3. The topological polar surface area (TPSA) is 54.5 Å². The van der Waals surface area contributed by atoms with Gasteiger partial charge in [-0.05, 0) is 54.9 Å². The number of anilines is 1. The quantitative estimate of drug-likeness (QED) is 0.570. The Balaban J connectivity index is 2.65. The minimum Gasteiger partial charge on any atom is -0.279 e. The maximum Gasteiger partial charge on any atom is 0.265 e. The second-order valence-corrected chi connectivity index (χ2v) is 8.75. The molecule has 9 heteroatoms. The summed E-state index contributed by atoms with van der Waals surface area (Å²) in [5, 5.41) is -0.485. The number of hydrogen-bond donors (Lipinski definition) is 0. The number of halogens is 4. The van der Waals surface area contributed by atoms with E-state index in [1.807, 2.05) is 0 Å². The van der Waals surface area contributed by atoms with E-state index in [-0.39, 0.29) is 20.6 Å². The van der Waals surface area contributed by atoms with Crippen LogP contribution in [0.3, 0.4) is 0 Å². The van der Waals surface area contributed by atoms with Crippen LogP contribution >= 0.6 is 50.7 Å². The Hall–Kier alpha value is -0.790. The van der Waals surface area contributed by atoms with E-state index in [1.54, 1.807) is 24.3 Å². The Morgan fingerprint density at radius 2 is 1.79 bits per heavy atom. The van der Waals surface area contributed by atoms with Gasteiger partial charge in [0.1, 0.15) is 6.04 Å². The van der Waals surface area contributed by atoms with Crippen molar-refractivity contribution in [1.82, 2.24) is 0 Å². The third kappa shape index (κ3) is 4.06. The molecule has 24 heavy (non-hydrogen) atoms. The largest absolute Gasteiger partial charge is 0.279 e. The summed E-state index contributed by atoms with van der Waals surface area (Å²) in [6.07, 6.45) is 0. The fourth-order valence-corrected chi connectivity index (χ4v) is 4.57. The predicted molar refractivity (Wildman–Crippen MR) is 101 cm³/mol. The van der Waals surface area contributed by atoms with Crippen molar-refractivity contribution in [2.24, 2.45) is 0 Å². The van der Waals surface area contributed by atoms with Crippen molar-refractivity contribution in [2.45, 2.75) is 17.9 Å². The van der Waals surface area contributed by atoms with Gasteiger partial charge in [0.05, 0.1) is 20.6 Å². The molecular formula is C15H11BrCl3NO3S. The molecule has 4 nitrogen and oxygen atoms in total. The summed E-state index contributed by atoms with van der Waals surface area (Å²) < 4.78 is 27.7. The monoisotopic (exact) mass is 469 g/mol. The lowest BCUT2D eigenvalue weighted by molar-refractivity contribution is -0.112. The van der Waals surface area contributed by atoms with Crippen LogP contribution in [0.25, 0.3) is 0 Å². The van der Waals surface area contributed by atoms with Crippen LogP contribution in [-0.2, 0) is 14.8 Å². The highest BCUT2D eigenvalue weighted by molar-refractivity contribution is 9.10. The second kappa shape index (κ2) is 7.62.